The summed E-state index contributed by atoms with van der Waals surface area (Å²) in [6, 6.07) is 5.27. The van der Waals surface area contributed by atoms with Crippen LogP contribution < -0.4 is 21.3 Å². The molecule has 0 aliphatic rings. The van der Waals surface area contributed by atoms with Gasteiger partial charge in [-0.15, -0.1) is 0 Å². The maximum Gasteiger partial charge on any atom is 0.319 e. The number of anilines is 1. The first-order valence-electron chi connectivity index (χ1n) is 7.34. The minimum atomic E-state index is -0.667. The van der Waals surface area contributed by atoms with Crippen molar-refractivity contribution in [3.05, 3.63) is 29.8 Å². The van der Waals surface area contributed by atoms with Gasteiger partial charge in [-0.3, -0.25) is 9.59 Å². The van der Waals surface area contributed by atoms with Crippen LogP contribution >= 0.6 is 0 Å². The molecule has 0 spiro atoms. The van der Waals surface area contributed by atoms with Crippen LogP contribution in [0.2, 0.25) is 0 Å². The topological polar surface area (TPSA) is 99.3 Å². The van der Waals surface area contributed by atoms with Crippen LogP contribution in [0.25, 0.3) is 0 Å². The van der Waals surface area contributed by atoms with E-state index in [0.717, 1.165) is 0 Å². The number of urea groups is 1. The number of carbonyl (C=O) groups excluding carboxylic acids is 3. The summed E-state index contributed by atoms with van der Waals surface area (Å²) in [4.78, 5) is 35.2. The molecule has 7 nitrogen and oxygen atoms in total. The van der Waals surface area contributed by atoms with Crippen LogP contribution in [0.5, 0.6) is 0 Å². The van der Waals surface area contributed by atoms with Crippen molar-refractivity contribution in [2.24, 2.45) is 0 Å². The second-order valence-electron chi connectivity index (χ2n) is 6.22. The lowest BCUT2D eigenvalue weighted by Crippen LogP contribution is -2.51. The number of rotatable bonds is 4. The number of nitrogens with one attached hydrogen (secondary N) is 4. The van der Waals surface area contributed by atoms with Crippen LogP contribution in [0.4, 0.5) is 10.5 Å². The molecule has 0 saturated carbocycles. The molecule has 1 atom stereocenters. The van der Waals surface area contributed by atoms with E-state index >= 15 is 0 Å². The van der Waals surface area contributed by atoms with Gasteiger partial charge in [-0.05, 0) is 52.0 Å². The molecule has 0 aliphatic carbocycles. The fourth-order valence-corrected chi connectivity index (χ4v) is 1.76. The summed E-state index contributed by atoms with van der Waals surface area (Å²) in [5, 5.41) is 10.5. The zero-order valence-electron chi connectivity index (χ0n) is 14.1. The van der Waals surface area contributed by atoms with Gasteiger partial charge in [0, 0.05) is 23.8 Å². The van der Waals surface area contributed by atoms with E-state index in [-0.39, 0.29) is 17.4 Å². The van der Waals surface area contributed by atoms with Crippen LogP contribution in [0.1, 0.15) is 38.1 Å². The van der Waals surface area contributed by atoms with E-state index in [1.165, 1.54) is 0 Å². The SMILES string of the molecule is CNC(=O)c1ccc(NC(=O)NC(C)C(=O)NC(C)(C)C)cc1. The molecule has 7 heteroatoms. The molecule has 1 aromatic carbocycles. The quantitative estimate of drug-likeness (QED) is 0.676. The molecule has 0 heterocycles. The Morgan fingerprint density at radius 2 is 1.61 bits per heavy atom. The Kier molecular flexibility index (Phi) is 6.12. The third kappa shape index (κ3) is 6.37. The van der Waals surface area contributed by atoms with E-state index in [1.807, 2.05) is 20.8 Å². The third-order valence-corrected chi connectivity index (χ3v) is 2.87. The van der Waals surface area contributed by atoms with Crippen molar-refractivity contribution in [1.29, 1.82) is 0 Å². The Labute approximate surface area is 136 Å². The molecule has 0 aliphatic heterocycles. The Balaban J connectivity index is 2.56. The lowest BCUT2D eigenvalue weighted by Gasteiger charge is -2.23. The van der Waals surface area contributed by atoms with Crippen LogP contribution in [-0.4, -0.2) is 36.5 Å². The summed E-state index contributed by atoms with van der Waals surface area (Å²) in [6.45, 7) is 7.21. The Morgan fingerprint density at radius 1 is 1.04 bits per heavy atom. The zero-order valence-corrected chi connectivity index (χ0v) is 14.1. The summed E-state index contributed by atoms with van der Waals surface area (Å²) >= 11 is 0. The van der Waals surface area contributed by atoms with E-state index in [0.29, 0.717) is 11.3 Å². The van der Waals surface area contributed by atoms with Crippen LogP contribution in [-0.2, 0) is 4.79 Å². The largest absolute Gasteiger partial charge is 0.355 e. The van der Waals surface area contributed by atoms with E-state index in [1.54, 1.807) is 38.2 Å². The van der Waals surface area contributed by atoms with E-state index < -0.39 is 12.1 Å². The van der Waals surface area contributed by atoms with Crippen molar-refractivity contribution < 1.29 is 14.4 Å². The Morgan fingerprint density at radius 3 is 2.09 bits per heavy atom. The van der Waals surface area contributed by atoms with E-state index in [4.69, 9.17) is 0 Å². The van der Waals surface area contributed by atoms with Crippen molar-refractivity contribution in [2.45, 2.75) is 39.3 Å². The van der Waals surface area contributed by atoms with Gasteiger partial charge in [0.25, 0.3) is 5.91 Å². The summed E-state index contributed by atoms with van der Waals surface area (Å²) < 4.78 is 0. The molecule has 0 fully saturated rings. The van der Waals surface area contributed by atoms with Gasteiger partial charge < -0.3 is 21.3 Å². The minimum Gasteiger partial charge on any atom is -0.355 e. The fourth-order valence-electron chi connectivity index (χ4n) is 1.76. The van der Waals surface area contributed by atoms with Gasteiger partial charge in [-0.2, -0.15) is 0 Å². The molecule has 1 aromatic rings. The molecule has 1 unspecified atom stereocenters. The first-order valence-corrected chi connectivity index (χ1v) is 7.34. The molecule has 0 aromatic heterocycles. The van der Waals surface area contributed by atoms with Crippen LogP contribution in [0, 0.1) is 0 Å². The van der Waals surface area contributed by atoms with Crippen molar-refractivity contribution in [3.63, 3.8) is 0 Å². The standard InChI is InChI=1S/C16H24N4O3/c1-10(13(21)20-16(2,3)4)18-15(23)19-12-8-6-11(7-9-12)14(22)17-5/h6-10H,1-5H3,(H,17,22)(H,20,21)(H2,18,19,23). The lowest BCUT2D eigenvalue weighted by molar-refractivity contribution is -0.123. The van der Waals surface area contributed by atoms with Crippen molar-refractivity contribution in [3.8, 4) is 0 Å². The average Bonchev–Trinajstić information content (AvgIpc) is 2.45. The number of hydrogen-bond acceptors (Lipinski definition) is 3. The normalized spacial score (nSPS) is 12.0. The molecule has 0 saturated heterocycles. The number of carbonyl (C=O) groups is 3. The summed E-state index contributed by atoms with van der Waals surface area (Å²) in [5.41, 5.74) is 0.661. The van der Waals surface area contributed by atoms with Crippen LogP contribution in [0.15, 0.2) is 24.3 Å². The van der Waals surface area contributed by atoms with Gasteiger partial charge in [-0.1, -0.05) is 0 Å². The number of hydrogen-bond donors (Lipinski definition) is 4. The second kappa shape index (κ2) is 7.62. The predicted molar refractivity (Wildman–Crippen MR) is 89.3 cm³/mol. The number of amides is 4. The molecule has 4 N–H and O–H groups in total. The monoisotopic (exact) mass is 320 g/mol. The highest BCUT2D eigenvalue weighted by atomic mass is 16.2. The first-order chi connectivity index (χ1) is 10.6. The van der Waals surface area contributed by atoms with Crippen molar-refractivity contribution >= 4 is 23.5 Å². The maximum absolute atomic E-state index is 11.9. The Bertz CT molecular complexity index is 576. The predicted octanol–water partition coefficient (Wildman–Crippen LogP) is 1.47. The van der Waals surface area contributed by atoms with Gasteiger partial charge in [0.2, 0.25) is 5.91 Å². The number of benzene rings is 1. The van der Waals surface area contributed by atoms with Gasteiger partial charge in [0.1, 0.15) is 6.04 Å². The molecule has 1 rings (SSSR count). The van der Waals surface area contributed by atoms with Gasteiger partial charge in [0.05, 0.1) is 0 Å². The molecule has 23 heavy (non-hydrogen) atoms. The summed E-state index contributed by atoms with van der Waals surface area (Å²) in [7, 11) is 1.55. The highest BCUT2D eigenvalue weighted by Gasteiger charge is 2.20. The highest BCUT2D eigenvalue weighted by molar-refractivity contribution is 5.96. The summed E-state index contributed by atoms with van der Waals surface area (Å²) in [5.74, 6) is -0.462. The van der Waals surface area contributed by atoms with E-state index in [9.17, 15) is 14.4 Å². The van der Waals surface area contributed by atoms with E-state index in [2.05, 4.69) is 21.3 Å². The van der Waals surface area contributed by atoms with Gasteiger partial charge in [-0.25, -0.2) is 4.79 Å². The average molecular weight is 320 g/mol. The smallest absolute Gasteiger partial charge is 0.319 e. The molecular formula is C16H24N4O3. The maximum atomic E-state index is 11.9. The van der Waals surface area contributed by atoms with Crippen molar-refractivity contribution in [1.82, 2.24) is 16.0 Å². The zero-order chi connectivity index (χ0) is 17.6. The fraction of sp³-hybridized carbons (Fsp3) is 0.438. The minimum absolute atomic E-state index is 0.200. The molecule has 4 amide bonds. The van der Waals surface area contributed by atoms with Crippen LogP contribution in [0.3, 0.4) is 0 Å². The summed E-state index contributed by atoms with van der Waals surface area (Å²) in [6.07, 6.45) is 0. The Hall–Kier alpha value is -2.57. The van der Waals surface area contributed by atoms with Gasteiger partial charge in [0.15, 0.2) is 0 Å². The molecular weight excluding hydrogens is 296 g/mol. The molecule has 126 valence electrons. The second-order valence-corrected chi connectivity index (χ2v) is 6.22. The molecule has 0 radical (unpaired) electrons. The highest BCUT2D eigenvalue weighted by Crippen LogP contribution is 2.09. The van der Waals surface area contributed by atoms with Crippen molar-refractivity contribution in [2.75, 3.05) is 12.4 Å². The van der Waals surface area contributed by atoms with Gasteiger partial charge >= 0.3 is 6.03 Å². The lowest BCUT2D eigenvalue weighted by atomic mass is 10.1. The third-order valence-electron chi connectivity index (χ3n) is 2.87. The first kappa shape index (κ1) is 18.5. The molecule has 0 bridgehead atoms.